The lowest BCUT2D eigenvalue weighted by Gasteiger charge is -2.23. The molecule has 0 unspecified atom stereocenters. The first kappa shape index (κ1) is 12.6. The third-order valence-corrected chi connectivity index (χ3v) is 2.81. The lowest BCUT2D eigenvalue weighted by atomic mass is 10.1. The summed E-state index contributed by atoms with van der Waals surface area (Å²) in [6.07, 6.45) is 4.89. The highest BCUT2D eigenvalue weighted by Crippen LogP contribution is 2.29. The van der Waals surface area contributed by atoms with Crippen LogP contribution < -0.4 is 0 Å². The van der Waals surface area contributed by atoms with Crippen molar-refractivity contribution in [1.29, 1.82) is 0 Å². The fourth-order valence-electron chi connectivity index (χ4n) is 1.87. The normalized spacial score (nSPS) is 18.2. The summed E-state index contributed by atoms with van der Waals surface area (Å²) in [4.78, 5) is 0. The predicted octanol–water partition coefficient (Wildman–Crippen LogP) is 3.01. The van der Waals surface area contributed by atoms with E-state index in [0.717, 1.165) is 0 Å². The van der Waals surface area contributed by atoms with Crippen molar-refractivity contribution in [1.82, 2.24) is 0 Å². The smallest absolute Gasteiger partial charge is 0.160 e. The maximum Gasteiger partial charge on any atom is 0.160 e. The first-order valence-corrected chi connectivity index (χ1v) is 6.30. The molecule has 14 heavy (non-hydrogen) atoms. The van der Waals surface area contributed by atoms with E-state index in [1.807, 2.05) is 0 Å². The van der Waals surface area contributed by atoms with E-state index >= 15 is 0 Å². The topological polar surface area (TPSA) is 18.5 Å². The Hall–Kier alpha value is 0.500. The highest BCUT2D eigenvalue weighted by Gasteiger charge is 2.25. The minimum absolute atomic E-state index is 0.0880. The second-order valence-electron chi connectivity index (χ2n) is 3.53. The molecule has 0 radical (unpaired) electrons. The molecule has 2 nitrogen and oxygen atoms in total. The van der Waals surface area contributed by atoms with Crippen molar-refractivity contribution in [2.45, 2.75) is 32.0 Å². The van der Waals surface area contributed by atoms with Crippen molar-refractivity contribution in [3.05, 3.63) is 0 Å². The zero-order chi connectivity index (χ0) is 10.2. The molecule has 1 rings (SSSR count). The molecule has 0 aromatic heterocycles. The van der Waals surface area contributed by atoms with Crippen molar-refractivity contribution in [3.8, 4) is 0 Å². The second-order valence-corrected chi connectivity index (χ2v) is 4.29. The summed E-state index contributed by atoms with van der Waals surface area (Å²) in [6, 6.07) is 0. The second kappa shape index (κ2) is 7.75. The Bertz CT molecular complexity index is 130. The molecule has 1 saturated carbocycles. The van der Waals surface area contributed by atoms with E-state index in [1.54, 1.807) is 0 Å². The van der Waals surface area contributed by atoms with E-state index in [2.05, 4.69) is 0 Å². The lowest BCUT2D eigenvalue weighted by Crippen LogP contribution is -2.27. The van der Waals surface area contributed by atoms with E-state index in [0.29, 0.717) is 30.9 Å². The standard InChI is InChI=1S/C10H18Cl2O2/c11-5-7-13-10(14-8-6-12)9-3-1-2-4-9/h9-10H,1-8H2. The van der Waals surface area contributed by atoms with Gasteiger partial charge in [-0.3, -0.25) is 0 Å². The molecule has 1 fully saturated rings. The van der Waals surface area contributed by atoms with Crippen LogP contribution in [0.2, 0.25) is 0 Å². The summed E-state index contributed by atoms with van der Waals surface area (Å²) in [6.45, 7) is 1.12. The van der Waals surface area contributed by atoms with Gasteiger partial charge in [0.25, 0.3) is 0 Å². The molecule has 0 heterocycles. The number of alkyl halides is 2. The molecular formula is C10H18Cl2O2. The van der Waals surface area contributed by atoms with Gasteiger partial charge in [0, 0.05) is 17.7 Å². The molecule has 0 aliphatic heterocycles. The fraction of sp³-hybridized carbons (Fsp3) is 1.00. The zero-order valence-corrected chi connectivity index (χ0v) is 9.90. The quantitative estimate of drug-likeness (QED) is 0.504. The summed E-state index contributed by atoms with van der Waals surface area (Å²) < 4.78 is 11.1. The minimum Gasteiger partial charge on any atom is -0.351 e. The molecule has 4 heteroatoms. The van der Waals surface area contributed by atoms with Crippen LogP contribution in [0.5, 0.6) is 0 Å². The van der Waals surface area contributed by atoms with E-state index in [1.165, 1.54) is 25.7 Å². The number of hydrogen-bond donors (Lipinski definition) is 0. The summed E-state index contributed by atoms with van der Waals surface area (Å²) >= 11 is 11.2. The molecule has 0 atom stereocenters. The fourth-order valence-corrected chi connectivity index (χ4v) is 2.05. The van der Waals surface area contributed by atoms with Crippen LogP contribution in [-0.4, -0.2) is 31.3 Å². The monoisotopic (exact) mass is 240 g/mol. The maximum atomic E-state index is 5.58. The third kappa shape index (κ3) is 4.35. The van der Waals surface area contributed by atoms with Gasteiger partial charge < -0.3 is 9.47 Å². The molecule has 0 N–H and O–H groups in total. The molecule has 0 amide bonds. The van der Waals surface area contributed by atoms with Crippen molar-refractivity contribution < 1.29 is 9.47 Å². The van der Waals surface area contributed by atoms with Crippen LogP contribution >= 0.6 is 23.2 Å². The van der Waals surface area contributed by atoms with Crippen molar-refractivity contribution in [3.63, 3.8) is 0 Å². The Balaban J connectivity index is 2.26. The van der Waals surface area contributed by atoms with Crippen LogP contribution in [0.3, 0.4) is 0 Å². The van der Waals surface area contributed by atoms with Gasteiger partial charge in [-0.25, -0.2) is 0 Å². The van der Waals surface area contributed by atoms with Gasteiger partial charge in [-0.05, 0) is 12.8 Å². The van der Waals surface area contributed by atoms with Gasteiger partial charge in [0.15, 0.2) is 6.29 Å². The lowest BCUT2D eigenvalue weighted by molar-refractivity contribution is -0.164. The van der Waals surface area contributed by atoms with Gasteiger partial charge in [-0.1, -0.05) is 12.8 Å². The number of ether oxygens (including phenoxy) is 2. The van der Waals surface area contributed by atoms with Gasteiger partial charge in [0.05, 0.1) is 13.2 Å². The van der Waals surface area contributed by atoms with E-state index in [9.17, 15) is 0 Å². The Morgan fingerprint density at radius 3 is 1.93 bits per heavy atom. The molecule has 0 saturated heterocycles. The average molecular weight is 241 g/mol. The van der Waals surface area contributed by atoms with Gasteiger partial charge in [0.2, 0.25) is 0 Å². The molecule has 0 aromatic carbocycles. The Kier molecular flexibility index (Phi) is 6.96. The first-order valence-electron chi connectivity index (χ1n) is 5.23. The van der Waals surface area contributed by atoms with Crippen LogP contribution in [-0.2, 0) is 9.47 Å². The molecular weight excluding hydrogens is 223 g/mol. The summed E-state index contributed by atoms with van der Waals surface area (Å²) in [5.41, 5.74) is 0. The van der Waals surface area contributed by atoms with Crippen LogP contribution in [0.25, 0.3) is 0 Å². The number of rotatable bonds is 7. The number of halogens is 2. The Morgan fingerprint density at radius 2 is 1.50 bits per heavy atom. The van der Waals surface area contributed by atoms with Gasteiger partial charge >= 0.3 is 0 Å². The minimum atomic E-state index is -0.0880. The zero-order valence-electron chi connectivity index (χ0n) is 8.38. The largest absolute Gasteiger partial charge is 0.351 e. The van der Waals surface area contributed by atoms with E-state index in [4.69, 9.17) is 32.7 Å². The van der Waals surface area contributed by atoms with Crippen LogP contribution in [0.4, 0.5) is 0 Å². The van der Waals surface area contributed by atoms with Gasteiger partial charge in [-0.2, -0.15) is 0 Å². The van der Waals surface area contributed by atoms with Crippen LogP contribution in [0, 0.1) is 5.92 Å². The van der Waals surface area contributed by atoms with Crippen LogP contribution in [0.15, 0.2) is 0 Å². The Morgan fingerprint density at radius 1 is 1.00 bits per heavy atom. The molecule has 84 valence electrons. The van der Waals surface area contributed by atoms with Crippen molar-refractivity contribution in [2.75, 3.05) is 25.0 Å². The summed E-state index contributed by atoms with van der Waals surface area (Å²) in [5, 5.41) is 0. The average Bonchev–Trinajstić information content (AvgIpc) is 2.71. The summed E-state index contributed by atoms with van der Waals surface area (Å²) in [7, 11) is 0. The Labute approximate surface area is 95.9 Å². The van der Waals surface area contributed by atoms with Crippen molar-refractivity contribution in [2.24, 2.45) is 5.92 Å². The highest BCUT2D eigenvalue weighted by molar-refractivity contribution is 6.18. The molecule has 1 aliphatic carbocycles. The van der Waals surface area contributed by atoms with Gasteiger partial charge in [0.1, 0.15) is 0 Å². The predicted molar refractivity (Wildman–Crippen MR) is 59.1 cm³/mol. The molecule has 0 aromatic rings. The highest BCUT2D eigenvalue weighted by atomic mass is 35.5. The molecule has 0 spiro atoms. The van der Waals surface area contributed by atoms with E-state index in [-0.39, 0.29) is 6.29 Å². The van der Waals surface area contributed by atoms with E-state index < -0.39 is 0 Å². The summed E-state index contributed by atoms with van der Waals surface area (Å²) in [5.74, 6) is 1.59. The van der Waals surface area contributed by atoms with Gasteiger partial charge in [-0.15, -0.1) is 23.2 Å². The molecule has 0 bridgehead atoms. The van der Waals surface area contributed by atoms with Crippen molar-refractivity contribution >= 4 is 23.2 Å². The third-order valence-electron chi connectivity index (χ3n) is 2.50. The number of hydrogen-bond acceptors (Lipinski definition) is 2. The first-order chi connectivity index (χ1) is 6.88. The SMILES string of the molecule is ClCCOC(OCCCl)C1CCCC1. The molecule has 1 aliphatic rings. The maximum absolute atomic E-state index is 5.58. The van der Waals surface area contributed by atoms with Crippen LogP contribution in [0.1, 0.15) is 25.7 Å².